The maximum Gasteiger partial charge on any atom is 0.220 e. The lowest BCUT2D eigenvalue weighted by Gasteiger charge is -2.04. The van der Waals surface area contributed by atoms with E-state index in [0.29, 0.717) is 0 Å². The molecule has 0 bridgehead atoms. The molecule has 0 unspecified atom stereocenters. The van der Waals surface area contributed by atoms with Gasteiger partial charge in [0, 0.05) is 22.8 Å². The average Bonchev–Trinajstić information content (AvgIpc) is 3.16. The fourth-order valence-electron chi connectivity index (χ4n) is 2.28. The SMILES string of the molecule is Nc1nccc(-c2cnc3ccc(-c4cccs4)cn23)n1. The molecule has 4 aromatic rings. The Morgan fingerprint density at radius 3 is 2.86 bits per heavy atom. The number of hydrogen-bond donors (Lipinski definition) is 1. The molecule has 2 N–H and O–H groups in total. The van der Waals surface area contributed by atoms with Crippen molar-refractivity contribution in [3.63, 3.8) is 0 Å². The lowest BCUT2D eigenvalue weighted by molar-refractivity contribution is 1.14. The molecule has 0 spiro atoms. The zero-order valence-corrected chi connectivity index (χ0v) is 11.8. The van der Waals surface area contributed by atoms with Gasteiger partial charge in [-0.1, -0.05) is 6.07 Å². The summed E-state index contributed by atoms with van der Waals surface area (Å²) in [7, 11) is 0. The highest BCUT2D eigenvalue weighted by Crippen LogP contribution is 2.27. The van der Waals surface area contributed by atoms with E-state index in [9.17, 15) is 0 Å². The average molecular weight is 293 g/mol. The number of fused-ring (bicyclic) bond motifs is 1. The molecule has 0 amide bonds. The van der Waals surface area contributed by atoms with Crippen LogP contribution in [0.1, 0.15) is 0 Å². The molecule has 102 valence electrons. The molecule has 0 fully saturated rings. The Bertz CT molecular complexity index is 911. The third-order valence-electron chi connectivity index (χ3n) is 3.25. The molecule has 0 aliphatic heterocycles. The van der Waals surface area contributed by atoms with Gasteiger partial charge in [-0.3, -0.25) is 4.40 Å². The number of nitrogen functional groups attached to an aromatic ring is 1. The van der Waals surface area contributed by atoms with Gasteiger partial charge in [0.15, 0.2) is 0 Å². The molecule has 0 aromatic carbocycles. The van der Waals surface area contributed by atoms with Gasteiger partial charge in [-0.15, -0.1) is 11.3 Å². The van der Waals surface area contributed by atoms with Gasteiger partial charge in [0.25, 0.3) is 0 Å². The second kappa shape index (κ2) is 4.68. The van der Waals surface area contributed by atoms with Crippen molar-refractivity contribution in [1.82, 2.24) is 19.4 Å². The van der Waals surface area contributed by atoms with Crippen molar-refractivity contribution in [2.24, 2.45) is 0 Å². The van der Waals surface area contributed by atoms with Gasteiger partial charge in [-0.25, -0.2) is 15.0 Å². The van der Waals surface area contributed by atoms with Gasteiger partial charge in [-0.05, 0) is 29.6 Å². The van der Waals surface area contributed by atoms with Crippen LogP contribution in [0.4, 0.5) is 5.95 Å². The molecule has 0 atom stereocenters. The van der Waals surface area contributed by atoms with Crippen LogP contribution in [0.2, 0.25) is 0 Å². The Balaban J connectivity index is 1.92. The highest BCUT2D eigenvalue weighted by Gasteiger charge is 2.09. The Labute approximate surface area is 124 Å². The third-order valence-corrected chi connectivity index (χ3v) is 4.17. The van der Waals surface area contributed by atoms with Crippen molar-refractivity contribution in [2.75, 3.05) is 5.73 Å². The summed E-state index contributed by atoms with van der Waals surface area (Å²) in [6.45, 7) is 0. The number of pyridine rings is 1. The largest absolute Gasteiger partial charge is 0.368 e. The smallest absolute Gasteiger partial charge is 0.220 e. The zero-order valence-electron chi connectivity index (χ0n) is 11.0. The Hall–Kier alpha value is -2.73. The van der Waals surface area contributed by atoms with Crippen molar-refractivity contribution in [3.8, 4) is 21.8 Å². The number of aromatic nitrogens is 4. The van der Waals surface area contributed by atoms with Crippen LogP contribution in [0.3, 0.4) is 0 Å². The number of hydrogen-bond acceptors (Lipinski definition) is 5. The van der Waals surface area contributed by atoms with Crippen molar-refractivity contribution < 1.29 is 0 Å². The first-order valence-electron chi connectivity index (χ1n) is 6.41. The summed E-state index contributed by atoms with van der Waals surface area (Å²) in [5.41, 5.74) is 9.36. The predicted molar refractivity (Wildman–Crippen MR) is 83.9 cm³/mol. The van der Waals surface area contributed by atoms with Crippen LogP contribution in [0.5, 0.6) is 0 Å². The molecule has 5 nitrogen and oxygen atoms in total. The van der Waals surface area contributed by atoms with E-state index < -0.39 is 0 Å². The van der Waals surface area contributed by atoms with E-state index in [0.717, 1.165) is 22.6 Å². The normalized spacial score (nSPS) is 11.0. The summed E-state index contributed by atoms with van der Waals surface area (Å²) in [5, 5.41) is 2.07. The number of nitrogens with zero attached hydrogens (tertiary/aromatic N) is 4. The molecule has 4 heterocycles. The van der Waals surface area contributed by atoms with Gasteiger partial charge in [0.1, 0.15) is 5.65 Å². The van der Waals surface area contributed by atoms with E-state index in [2.05, 4.69) is 38.7 Å². The third kappa shape index (κ3) is 2.05. The van der Waals surface area contributed by atoms with Crippen LogP contribution in [0.25, 0.3) is 27.5 Å². The van der Waals surface area contributed by atoms with Crippen molar-refractivity contribution in [2.45, 2.75) is 0 Å². The quantitative estimate of drug-likeness (QED) is 0.616. The Morgan fingerprint density at radius 1 is 1.10 bits per heavy atom. The standard InChI is InChI=1S/C15H11N5S/c16-15-17-6-5-11(19-15)12-8-18-14-4-3-10(9-20(12)14)13-2-1-7-21-13/h1-9H,(H2,16,17,19). The summed E-state index contributed by atoms with van der Waals surface area (Å²) in [6.07, 6.45) is 5.53. The van der Waals surface area contributed by atoms with E-state index in [1.54, 1.807) is 23.7 Å². The number of imidazole rings is 1. The molecule has 0 aliphatic carbocycles. The number of anilines is 1. The summed E-state index contributed by atoms with van der Waals surface area (Å²) in [6, 6.07) is 10.1. The summed E-state index contributed by atoms with van der Waals surface area (Å²) in [4.78, 5) is 13.8. The predicted octanol–water partition coefficient (Wildman–Crippen LogP) is 3.10. The van der Waals surface area contributed by atoms with Crippen LogP contribution < -0.4 is 5.73 Å². The monoisotopic (exact) mass is 293 g/mol. The van der Waals surface area contributed by atoms with Crippen molar-refractivity contribution in [1.29, 1.82) is 0 Å². The topological polar surface area (TPSA) is 69.1 Å². The highest BCUT2D eigenvalue weighted by molar-refractivity contribution is 7.13. The minimum absolute atomic E-state index is 0.261. The second-order valence-electron chi connectivity index (χ2n) is 4.57. The van der Waals surface area contributed by atoms with Gasteiger partial charge in [-0.2, -0.15) is 0 Å². The first-order chi connectivity index (χ1) is 10.3. The molecule has 0 saturated carbocycles. The van der Waals surface area contributed by atoms with Crippen LogP contribution in [-0.2, 0) is 0 Å². The Kier molecular flexibility index (Phi) is 2.68. The minimum Gasteiger partial charge on any atom is -0.368 e. The second-order valence-corrected chi connectivity index (χ2v) is 5.51. The summed E-state index contributed by atoms with van der Waals surface area (Å²) < 4.78 is 2.02. The molecule has 4 aromatic heterocycles. The Morgan fingerprint density at radius 2 is 2.05 bits per heavy atom. The molecule has 6 heteroatoms. The van der Waals surface area contributed by atoms with Crippen LogP contribution >= 0.6 is 11.3 Å². The lowest BCUT2D eigenvalue weighted by Crippen LogP contribution is -1.97. The van der Waals surface area contributed by atoms with E-state index in [1.807, 2.05) is 22.6 Å². The van der Waals surface area contributed by atoms with E-state index in [-0.39, 0.29) is 5.95 Å². The van der Waals surface area contributed by atoms with Gasteiger partial charge in [0.2, 0.25) is 5.95 Å². The van der Waals surface area contributed by atoms with Crippen LogP contribution in [0.15, 0.2) is 54.3 Å². The minimum atomic E-state index is 0.261. The first kappa shape index (κ1) is 12.0. The maximum atomic E-state index is 5.67. The van der Waals surface area contributed by atoms with Crippen LogP contribution in [-0.4, -0.2) is 19.4 Å². The molecule has 0 radical (unpaired) electrons. The molecular formula is C15H11N5S. The molecule has 4 rings (SSSR count). The lowest BCUT2D eigenvalue weighted by atomic mass is 10.2. The van der Waals surface area contributed by atoms with Crippen molar-refractivity contribution >= 4 is 22.9 Å². The molecule has 21 heavy (non-hydrogen) atoms. The summed E-state index contributed by atoms with van der Waals surface area (Å²) in [5.74, 6) is 0.261. The van der Waals surface area contributed by atoms with Crippen molar-refractivity contribution in [3.05, 3.63) is 54.3 Å². The zero-order chi connectivity index (χ0) is 14.2. The molecule has 0 saturated heterocycles. The van der Waals surface area contributed by atoms with Gasteiger partial charge < -0.3 is 5.73 Å². The van der Waals surface area contributed by atoms with Crippen LogP contribution in [0, 0.1) is 0 Å². The number of rotatable bonds is 2. The number of thiophene rings is 1. The van der Waals surface area contributed by atoms with Gasteiger partial charge >= 0.3 is 0 Å². The molecule has 0 aliphatic rings. The van der Waals surface area contributed by atoms with Gasteiger partial charge in [0.05, 0.1) is 17.6 Å². The summed E-state index contributed by atoms with van der Waals surface area (Å²) >= 11 is 1.71. The van der Waals surface area contributed by atoms with E-state index >= 15 is 0 Å². The molecular weight excluding hydrogens is 282 g/mol. The fraction of sp³-hybridized carbons (Fsp3) is 0. The fourth-order valence-corrected chi connectivity index (χ4v) is 2.99. The van der Waals surface area contributed by atoms with E-state index in [1.165, 1.54) is 4.88 Å². The van der Waals surface area contributed by atoms with E-state index in [4.69, 9.17) is 5.73 Å². The maximum absolute atomic E-state index is 5.67. The highest BCUT2D eigenvalue weighted by atomic mass is 32.1. The number of nitrogens with two attached hydrogens (primary N) is 1. The first-order valence-corrected chi connectivity index (χ1v) is 7.29.